The van der Waals surface area contributed by atoms with Gasteiger partial charge in [-0.05, 0) is 24.6 Å². The largest absolute Gasteiger partial charge is 0.327 e. The van der Waals surface area contributed by atoms with Gasteiger partial charge in [0.05, 0.1) is 10.6 Å². The average Bonchev–Trinajstić information content (AvgIpc) is 2.17. The van der Waals surface area contributed by atoms with Gasteiger partial charge in [-0.15, -0.1) is 0 Å². The second kappa shape index (κ2) is 5.09. The molecule has 2 N–H and O–H groups in total. The highest BCUT2D eigenvalue weighted by Gasteiger charge is 2.17. The molecule has 1 unspecified atom stereocenters. The number of halogens is 1. The molecule has 1 aromatic carbocycles. The van der Waals surface area contributed by atoms with Gasteiger partial charge in [0, 0.05) is 10.5 Å². The summed E-state index contributed by atoms with van der Waals surface area (Å²) in [5.41, 5.74) is 5.64. The molecule has 0 heterocycles. The van der Waals surface area contributed by atoms with E-state index in [9.17, 15) is 8.42 Å². The lowest BCUT2D eigenvalue weighted by atomic mass is 10.3. The molecule has 0 spiro atoms. The van der Waals surface area contributed by atoms with Crippen molar-refractivity contribution in [2.75, 3.05) is 5.75 Å². The minimum absolute atomic E-state index is 0.0000463. The molecule has 84 valence electrons. The van der Waals surface area contributed by atoms with Gasteiger partial charge in [0.25, 0.3) is 0 Å². The third-order valence-electron chi connectivity index (χ3n) is 2.11. The fourth-order valence-corrected chi connectivity index (χ4v) is 3.29. The van der Waals surface area contributed by atoms with E-state index >= 15 is 0 Å². The molecule has 0 radical (unpaired) electrons. The van der Waals surface area contributed by atoms with Crippen LogP contribution in [0.5, 0.6) is 0 Å². The van der Waals surface area contributed by atoms with E-state index in [4.69, 9.17) is 5.73 Å². The Labute approximate surface area is 98.7 Å². The van der Waals surface area contributed by atoms with Crippen molar-refractivity contribution in [3.8, 4) is 0 Å². The molecule has 0 fully saturated rings. The molecular weight excluding hydrogens is 278 g/mol. The molecule has 0 bridgehead atoms. The average molecular weight is 292 g/mol. The van der Waals surface area contributed by atoms with Crippen LogP contribution >= 0.6 is 15.9 Å². The molecule has 1 rings (SSSR count). The lowest BCUT2D eigenvalue weighted by molar-refractivity contribution is 0.584. The zero-order valence-electron chi connectivity index (χ0n) is 8.48. The predicted molar refractivity (Wildman–Crippen MR) is 64.5 cm³/mol. The minimum atomic E-state index is -3.25. The van der Waals surface area contributed by atoms with Gasteiger partial charge in [0.2, 0.25) is 0 Å². The van der Waals surface area contributed by atoms with Gasteiger partial charge >= 0.3 is 0 Å². The summed E-state index contributed by atoms with van der Waals surface area (Å²) in [6.07, 6.45) is 0.660. The molecule has 5 heteroatoms. The van der Waals surface area contributed by atoms with E-state index in [1.165, 1.54) is 0 Å². The van der Waals surface area contributed by atoms with Gasteiger partial charge in [0.1, 0.15) is 0 Å². The molecule has 0 aliphatic carbocycles. The van der Waals surface area contributed by atoms with Crippen LogP contribution in [0.15, 0.2) is 33.6 Å². The maximum Gasteiger partial charge on any atom is 0.179 e. The van der Waals surface area contributed by atoms with Crippen molar-refractivity contribution in [2.45, 2.75) is 24.3 Å². The van der Waals surface area contributed by atoms with Gasteiger partial charge < -0.3 is 5.73 Å². The standard InChI is InChI=1S/C10H14BrNO2S/c1-2-9(12)7-15(13,14)10-5-3-4-8(11)6-10/h3-6,9H,2,7,12H2,1H3. The van der Waals surface area contributed by atoms with Crippen LogP contribution in [0.4, 0.5) is 0 Å². The van der Waals surface area contributed by atoms with Crippen molar-refractivity contribution in [2.24, 2.45) is 5.73 Å². The van der Waals surface area contributed by atoms with Crippen LogP contribution in [0, 0.1) is 0 Å². The summed E-state index contributed by atoms with van der Waals surface area (Å²) in [6.45, 7) is 1.88. The summed E-state index contributed by atoms with van der Waals surface area (Å²) in [5.74, 6) is -0.0000463. The van der Waals surface area contributed by atoms with Gasteiger partial charge in [-0.2, -0.15) is 0 Å². The summed E-state index contributed by atoms with van der Waals surface area (Å²) in [7, 11) is -3.25. The van der Waals surface area contributed by atoms with Crippen LogP contribution in [-0.4, -0.2) is 20.2 Å². The third-order valence-corrected chi connectivity index (χ3v) is 4.45. The Morgan fingerprint density at radius 3 is 2.67 bits per heavy atom. The van der Waals surface area contributed by atoms with Crippen LogP contribution < -0.4 is 5.73 Å². The van der Waals surface area contributed by atoms with E-state index in [1.807, 2.05) is 6.92 Å². The van der Waals surface area contributed by atoms with Gasteiger partial charge in [-0.1, -0.05) is 28.9 Å². The highest BCUT2D eigenvalue weighted by molar-refractivity contribution is 9.10. The molecule has 0 amide bonds. The monoisotopic (exact) mass is 291 g/mol. The molecule has 1 atom stereocenters. The lowest BCUT2D eigenvalue weighted by Gasteiger charge is -2.09. The highest BCUT2D eigenvalue weighted by atomic mass is 79.9. The van der Waals surface area contributed by atoms with Crippen molar-refractivity contribution in [3.05, 3.63) is 28.7 Å². The van der Waals surface area contributed by atoms with Crippen molar-refractivity contribution >= 4 is 25.8 Å². The van der Waals surface area contributed by atoms with Crippen LogP contribution in [0.3, 0.4) is 0 Å². The first-order valence-corrected chi connectivity index (χ1v) is 7.14. The van der Waals surface area contributed by atoms with E-state index in [0.717, 1.165) is 4.47 Å². The molecule has 15 heavy (non-hydrogen) atoms. The Hall–Kier alpha value is -0.390. The Morgan fingerprint density at radius 2 is 2.13 bits per heavy atom. The molecule has 1 aromatic rings. The fourth-order valence-electron chi connectivity index (χ4n) is 1.16. The lowest BCUT2D eigenvalue weighted by Crippen LogP contribution is -2.28. The van der Waals surface area contributed by atoms with Crippen molar-refractivity contribution < 1.29 is 8.42 Å². The first kappa shape index (κ1) is 12.7. The molecule has 3 nitrogen and oxygen atoms in total. The Bertz CT molecular complexity index is 431. The van der Waals surface area contributed by atoms with Crippen LogP contribution in [0.2, 0.25) is 0 Å². The molecule has 0 saturated heterocycles. The zero-order valence-corrected chi connectivity index (χ0v) is 10.9. The van der Waals surface area contributed by atoms with Crippen molar-refractivity contribution in [1.29, 1.82) is 0 Å². The topological polar surface area (TPSA) is 60.2 Å². The molecule has 0 aromatic heterocycles. The SMILES string of the molecule is CCC(N)CS(=O)(=O)c1cccc(Br)c1. The molecule has 0 aliphatic rings. The third kappa shape index (κ3) is 3.59. The number of benzene rings is 1. The molecule has 0 saturated carbocycles. The summed E-state index contributed by atoms with van der Waals surface area (Å²) < 4.78 is 24.5. The summed E-state index contributed by atoms with van der Waals surface area (Å²) in [4.78, 5) is 0.320. The minimum Gasteiger partial charge on any atom is -0.327 e. The quantitative estimate of drug-likeness (QED) is 0.923. The molecule has 0 aliphatic heterocycles. The maximum absolute atomic E-state index is 11.9. The number of hydrogen-bond donors (Lipinski definition) is 1. The summed E-state index contributed by atoms with van der Waals surface area (Å²) >= 11 is 3.24. The predicted octanol–water partition coefficient (Wildman–Crippen LogP) is 1.96. The number of nitrogens with two attached hydrogens (primary N) is 1. The van der Waals surface area contributed by atoms with Crippen LogP contribution in [-0.2, 0) is 9.84 Å². The van der Waals surface area contributed by atoms with Gasteiger partial charge in [0.15, 0.2) is 9.84 Å². The summed E-state index contributed by atoms with van der Waals surface area (Å²) in [6, 6.07) is 6.38. The Morgan fingerprint density at radius 1 is 1.47 bits per heavy atom. The normalized spacial score (nSPS) is 13.8. The first-order chi connectivity index (χ1) is 6.95. The van der Waals surface area contributed by atoms with E-state index in [0.29, 0.717) is 11.3 Å². The summed E-state index contributed by atoms with van der Waals surface area (Å²) in [5, 5.41) is 0. The maximum atomic E-state index is 11.9. The van der Waals surface area contributed by atoms with Gasteiger partial charge in [-0.25, -0.2) is 8.42 Å². The first-order valence-electron chi connectivity index (χ1n) is 4.69. The van der Waals surface area contributed by atoms with E-state index < -0.39 is 9.84 Å². The van der Waals surface area contributed by atoms with Crippen molar-refractivity contribution in [1.82, 2.24) is 0 Å². The Kier molecular flexibility index (Phi) is 4.31. The molecular formula is C10H14BrNO2S. The van der Waals surface area contributed by atoms with Crippen molar-refractivity contribution in [3.63, 3.8) is 0 Å². The Balaban J connectivity index is 2.96. The van der Waals surface area contributed by atoms with E-state index in [1.54, 1.807) is 24.3 Å². The van der Waals surface area contributed by atoms with E-state index in [2.05, 4.69) is 15.9 Å². The van der Waals surface area contributed by atoms with Crippen LogP contribution in [0.25, 0.3) is 0 Å². The zero-order chi connectivity index (χ0) is 11.5. The smallest absolute Gasteiger partial charge is 0.179 e. The highest BCUT2D eigenvalue weighted by Crippen LogP contribution is 2.17. The number of sulfone groups is 1. The second-order valence-electron chi connectivity index (χ2n) is 3.41. The number of rotatable bonds is 4. The van der Waals surface area contributed by atoms with Crippen LogP contribution in [0.1, 0.15) is 13.3 Å². The second-order valence-corrected chi connectivity index (χ2v) is 6.36. The van der Waals surface area contributed by atoms with Gasteiger partial charge in [-0.3, -0.25) is 0 Å². The van der Waals surface area contributed by atoms with E-state index in [-0.39, 0.29) is 11.8 Å². The fraction of sp³-hybridized carbons (Fsp3) is 0.400. The number of hydrogen-bond acceptors (Lipinski definition) is 3.